The first-order chi connectivity index (χ1) is 32.7. The number of nitrogens with zero attached hydrogens (tertiary/aromatic N) is 2. The number of hydrogen-bond donors (Lipinski definition) is 12. The van der Waals surface area contributed by atoms with E-state index in [9.17, 15) is 38.4 Å². The van der Waals surface area contributed by atoms with Crippen LogP contribution in [0.4, 0.5) is 0 Å². The van der Waals surface area contributed by atoms with Crippen LogP contribution in [0.3, 0.4) is 0 Å². The number of hydrogen-bond acceptors (Lipinski definition) is 10. The van der Waals surface area contributed by atoms with Crippen molar-refractivity contribution in [1.29, 1.82) is 0 Å². The standard InChI is InChI=1S/C46H62N14O8/c1-2-10-39(62)55-34-17-18-38(61)51-19-8-15-33(42(65)58-35(40(47)63)22-28-24-53-31-14-7-6-13-30(28)31)56-41(64)32(16-9-20-52-46(48)49)57-44(67)36(21-27-11-4-3-5-12-27)59-45(68)37(60-43(34)66)23-29-25-50-26-54-29/h3-7,11-14,24-26,32-37,53H,2,8-10,15-23H2,1H3,(H2,47,63)(H,50,54)(H,51,61)(H,55,62)(H,56,64)(H,57,67)(H,58,65)(H,59,68)(H,60,66)(H4,48,49,52)/t32-,33-,34-,35-,36+,37-/m0/s1. The molecule has 0 spiro atoms. The van der Waals surface area contributed by atoms with Crippen molar-refractivity contribution in [2.45, 2.75) is 114 Å². The number of aromatic nitrogens is 3. The molecule has 22 nitrogen and oxygen atoms in total. The van der Waals surface area contributed by atoms with Gasteiger partial charge in [0, 0.05) is 74.2 Å². The van der Waals surface area contributed by atoms with E-state index >= 15 is 0 Å². The molecule has 1 aliphatic rings. The van der Waals surface area contributed by atoms with Crippen LogP contribution < -0.4 is 54.4 Å². The number of carbonyl (C=O) groups is 8. The van der Waals surface area contributed by atoms with E-state index < -0.39 is 83.5 Å². The average Bonchev–Trinajstić information content (AvgIpc) is 3.99. The van der Waals surface area contributed by atoms with Gasteiger partial charge in [-0.05, 0) is 55.7 Å². The predicted octanol–water partition coefficient (Wildman–Crippen LogP) is -1.14. The van der Waals surface area contributed by atoms with Crippen LogP contribution in [0.1, 0.15) is 75.1 Å². The number of primary amides is 1. The van der Waals surface area contributed by atoms with Gasteiger partial charge in [0.2, 0.25) is 47.3 Å². The number of nitrogens with one attached hydrogen (secondary N) is 9. The number of aromatic amines is 2. The van der Waals surface area contributed by atoms with E-state index in [0.717, 1.165) is 10.9 Å². The number of H-pyrrole nitrogens is 2. The van der Waals surface area contributed by atoms with Crippen molar-refractivity contribution in [1.82, 2.24) is 52.2 Å². The van der Waals surface area contributed by atoms with Gasteiger partial charge in [-0.3, -0.25) is 43.3 Å². The Morgan fingerprint density at radius 3 is 2.22 bits per heavy atom. The maximum atomic E-state index is 14.5. The molecule has 3 heterocycles. The van der Waals surface area contributed by atoms with Gasteiger partial charge in [-0.15, -0.1) is 0 Å². The van der Waals surface area contributed by atoms with E-state index in [0.29, 0.717) is 23.2 Å². The second-order valence-electron chi connectivity index (χ2n) is 16.6. The first kappa shape index (κ1) is 51.2. The summed E-state index contributed by atoms with van der Waals surface area (Å²) in [5, 5.41) is 19.9. The van der Waals surface area contributed by atoms with Crippen molar-refractivity contribution in [2.75, 3.05) is 13.1 Å². The monoisotopic (exact) mass is 938 g/mol. The fourth-order valence-corrected chi connectivity index (χ4v) is 7.69. The normalized spacial score (nSPS) is 20.6. The molecular formula is C46H62N14O8. The number of imidazole rings is 1. The van der Waals surface area contributed by atoms with Gasteiger partial charge in [-0.2, -0.15) is 0 Å². The number of para-hydroxylation sites is 1. The summed E-state index contributed by atoms with van der Waals surface area (Å²) in [4.78, 5) is 124. The molecule has 0 aliphatic carbocycles. The zero-order valence-corrected chi connectivity index (χ0v) is 38.0. The number of fused-ring (bicyclic) bond motifs is 1. The van der Waals surface area contributed by atoms with Gasteiger partial charge in [0.05, 0.1) is 6.33 Å². The van der Waals surface area contributed by atoms with Gasteiger partial charge in [-0.25, -0.2) is 4.98 Å². The van der Waals surface area contributed by atoms with Crippen LogP contribution in [0.15, 0.2) is 78.3 Å². The number of amides is 8. The van der Waals surface area contributed by atoms with Crippen molar-refractivity contribution in [2.24, 2.45) is 22.2 Å². The Morgan fingerprint density at radius 1 is 0.824 bits per heavy atom. The minimum atomic E-state index is -1.33. The highest BCUT2D eigenvalue weighted by Gasteiger charge is 2.34. The summed E-state index contributed by atoms with van der Waals surface area (Å²) in [6.45, 7) is 1.90. The number of aliphatic imine (C=N–C) groups is 1. The highest BCUT2D eigenvalue weighted by molar-refractivity contribution is 5.97. The minimum absolute atomic E-state index is 0.0262. The Kier molecular flexibility index (Phi) is 19.4. The summed E-state index contributed by atoms with van der Waals surface area (Å²) < 4.78 is 0. The van der Waals surface area contributed by atoms with E-state index in [1.54, 1.807) is 43.5 Å². The van der Waals surface area contributed by atoms with E-state index in [1.165, 1.54) is 12.5 Å². The van der Waals surface area contributed by atoms with E-state index in [4.69, 9.17) is 17.2 Å². The van der Waals surface area contributed by atoms with E-state index in [2.05, 4.69) is 57.2 Å². The van der Waals surface area contributed by atoms with Gasteiger partial charge in [0.25, 0.3) is 0 Å². The van der Waals surface area contributed by atoms with Crippen LogP contribution in [0.25, 0.3) is 10.9 Å². The van der Waals surface area contributed by atoms with Crippen molar-refractivity contribution in [3.8, 4) is 0 Å². The largest absolute Gasteiger partial charge is 0.370 e. The third-order valence-corrected chi connectivity index (χ3v) is 11.3. The highest BCUT2D eigenvalue weighted by atomic mass is 16.2. The van der Waals surface area contributed by atoms with Crippen molar-refractivity contribution in [3.05, 3.63) is 90.1 Å². The molecule has 0 saturated carbocycles. The van der Waals surface area contributed by atoms with Crippen molar-refractivity contribution in [3.63, 3.8) is 0 Å². The van der Waals surface area contributed by atoms with Gasteiger partial charge in [0.15, 0.2) is 5.96 Å². The molecule has 0 bridgehead atoms. The van der Waals surface area contributed by atoms with Gasteiger partial charge < -0.3 is 64.4 Å². The Labute approximate surface area is 392 Å². The van der Waals surface area contributed by atoms with Gasteiger partial charge in [-0.1, -0.05) is 55.5 Å². The molecule has 68 heavy (non-hydrogen) atoms. The number of carbonyl (C=O) groups excluding carboxylic acids is 8. The molecule has 1 fully saturated rings. The predicted molar refractivity (Wildman–Crippen MR) is 252 cm³/mol. The molecule has 5 rings (SSSR count). The molecule has 364 valence electrons. The Balaban J connectivity index is 1.49. The van der Waals surface area contributed by atoms with Crippen molar-refractivity contribution < 1.29 is 38.4 Å². The molecular weight excluding hydrogens is 877 g/mol. The lowest BCUT2D eigenvalue weighted by atomic mass is 10.0. The summed E-state index contributed by atoms with van der Waals surface area (Å²) >= 11 is 0. The lowest BCUT2D eigenvalue weighted by molar-refractivity contribution is -0.135. The zero-order valence-electron chi connectivity index (χ0n) is 38.0. The molecule has 2 aromatic carbocycles. The fourth-order valence-electron chi connectivity index (χ4n) is 7.69. The number of guanidine groups is 1. The van der Waals surface area contributed by atoms with Crippen LogP contribution in [-0.4, -0.2) is 118 Å². The molecule has 6 atom stereocenters. The van der Waals surface area contributed by atoms with Crippen LogP contribution in [0.5, 0.6) is 0 Å². The second-order valence-corrected chi connectivity index (χ2v) is 16.6. The lowest BCUT2D eigenvalue weighted by Gasteiger charge is -2.28. The summed E-state index contributed by atoms with van der Waals surface area (Å²) in [5.74, 6) is -5.75. The fraction of sp³-hybridized carbons (Fsp3) is 0.435. The van der Waals surface area contributed by atoms with Crippen LogP contribution in [0, 0.1) is 0 Å². The maximum absolute atomic E-state index is 14.5. The first-order valence-corrected chi connectivity index (χ1v) is 22.7. The topological polar surface area (TPSA) is 356 Å². The Morgan fingerprint density at radius 2 is 1.51 bits per heavy atom. The molecule has 8 amide bonds. The summed E-state index contributed by atoms with van der Waals surface area (Å²) in [6.07, 6.45) is 4.95. The van der Waals surface area contributed by atoms with Gasteiger partial charge >= 0.3 is 0 Å². The molecule has 22 heteroatoms. The molecule has 0 radical (unpaired) electrons. The molecule has 1 aliphatic heterocycles. The second kappa shape index (κ2) is 25.8. The van der Waals surface area contributed by atoms with Crippen molar-refractivity contribution >= 4 is 64.1 Å². The van der Waals surface area contributed by atoms with E-state index in [-0.39, 0.29) is 83.3 Å². The quantitative estimate of drug-likeness (QED) is 0.0362. The summed E-state index contributed by atoms with van der Waals surface area (Å²) in [5.41, 5.74) is 19.5. The maximum Gasteiger partial charge on any atom is 0.243 e. The van der Waals surface area contributed by atoms with Crippen LogP contribution >= 0.6 is 0 Å². The van der Waals surface area contributed by atoms with Crippen LogP contribution in [0.2, 0.25) is 0 Å². The van der Waals surface area contributed by atoms with E-state index in [1.807, 2.05) is 24.3 Å². The zero-order chi connectivity index (χ0) is 49.0. The average molecular weight is 939 g/mol. The molecule has 1 saturated heterocycles. The first-order valence-electron chi connectivity index (χ1n) is 22.7. The molecule has 15 N–H and O–H groups in total. The SMILES string of the molecule is CCCC(=O)N[C@H]1CCC(=O)NCCC[C@@H](C(=O)N[C@@H](Cc2c[nH]c3ccccc23)C(N)=O)NC(=O)[C@H](CCCN=C(N)N)NC(=O)[C@@H](Cc2ccccc2)NC(=O)[C@H](Cc2cnc[nH]2)NC1=O. The minimum Gasteiger partial charge on any atom is -0.370 e. The summed E-state index contributed by atoms with van der Waals surface area (Å²) in [6, 6.07) is 8.49. The highest BCUT2D eigenvalue weighted by Crippen LogP contribution is 2.19. The van der Waals surface area contributed by atoms with Crippen LogP contribution in [-0.2, 0) is 57.6 Å². The molecule has 4 aromatic rings. The Bertz CT molecular complexity index is 2380. The third-order valence-electron chi connectivity index (χ3n) is 11.3. The number of nitrogens with two attached hydrogens (primary N) is 3. The Hall–Kier alpha value is -7.78. The lowest BCUT2D eigenvalue weighted by Crippen LogP contribution is -2.60. The molecule has 0 unspecified atom stereocenters. The third kappa shape index (κ3) is 16.0. The molecule has 2 aromatic heterocycles. The summed E-state index contributed by atoms with van der Waals surface area (Å²) in [7, 11) is 0. The number of rotatable bonds is 16. The smallest absolute Gasteiger partial charge is 0.243 e. The van der Waals surface area contributed by atoms with Gasteiger partial charge in [0.1, 0.15) is 36.3 Å². The number of benzene rings is 2.